The first-order valence-corrected chi connectivity index (χ1v) is 11.7. The van der Waals surface area contributed by atoms with Gasteiger partial charge in [-0.2, -0.15) is 0 Å². The SMILES string of the molecule is CC(=O)c1c[nH]c2ccc(NC(=O)[C@H](C)NC(=O)c3ccc(-c4ccccc4)cc3)c(Br)c2c1=O. The first-order valence-electron chi connectivity index (χ1n) is 10.9. The van der Waals surface area contributed by atoms with Crippen LogP contribution < -0.4 is 16.1 Å². The van der Waals surface area contributed by atoms with Gasteiger partial charge in [0.05, 0.1) is 26.6 Å². The van der Waals surface area contributed by atoms with Gasteiger partial charge in [-0.1, -0.05) is 42.5 Å². The van der Waals surface area contributed by atoms with Crippen LogP contribution in [0.2, 0.25) is 0 Å². The molecule has 0 saturated carbocycles. The van der Waals surface area contributed by atoms with Gasteiger partial charge in [0.1, 0.15) is 6.04 Å². The van der Waals surface area contributed by atoms with Gasteiger partial charge in [0.2, 0.25) is 11.3 Å². The summed E-state index contributed by atoms with van der Waals surface area (Å²) in [4.78, 5) is 52.9. The van der Waals surface area contributed by atoms with Gasteiger partial charge >= 0.3 is 0 Å². The van der Waals surface area contributed by atoms with Crippen molar-refractivity contribution < 1.29 is 14.4 Å². The predicted molar refractivity (Wildman–Crippen MR) is 140 cm³/mol. The number of H-pyrrole nitrogens is 1. The monoisotopic (exact) mass is 531 g/mol. The van der Waals surface area contributed by atoms with Crippen LogP contribution in [0.25, 0.3) is 22.0 Å². The van der Waals surface area contributed by atoms with Gasteiger partial charge in [-0.05, 0) is 65.2 Å². The minimum absolute atomic E-state index is 0.0283. The van der Waals surface area contributed by atoms with Crippen LogP contribution >= 0.6 is 15.9 Å². The van der Waals surface area contributed by atoms with Crippen molar-refractivity contribution in [1.82, 2.24) is 10.3 Å². The Kier molecular flexibility index (Phi) is 6.93. The standard InChI is InChI=1S/C27H22BrN3O4/c1-15(30-27(35)19-10-8-18(9-11-19)17-6-4-3-5-7-17)26(34)31-22-13-12-21-23(24(22)28)25(33)20(14-29-21)16(2)32/h3-15H,1-2H3,(H,29,33)(H,30,35)(H,31,34)/t15-/m0/s1. The maximum atomic E-state index is 12.8. The zero-order valence-corrected chi connectivity index (χ0v) is 20.6. The van der Waals surface area contributed by atoms with Crippen molar-refractivity contribution in [2.75, 3.05) is 5.32 Å². The van der Waals surface area contributed by atoms with Crippen LogP contribution in [0.3, 0.4) is 0 Å². The van der Waals surface area contributed by atoms with Crippen molar-refractivity contribution in [3.63, 3.8) is 0 Å². The summed E-state index contributed by atoms with van der Waals surface area (Å²) in [5.41, 5.74) is 2.92. The van der Waals surface area contributed by atoms with E-state index in [1.807, 2.05) is 42.5 Å². The van der Waals surface area contributed by atoms with Gasteiger partial charge in [-0.3, -0.25) is 19.2 Å². The number of aromatic amines is 1. The van der Waals surface area contributed by atoms with Crippen molar-refractivity contribution in [3.05, 3.63) is 98.7 Å². The van der Waals surface area contributed by atoms with Gasteiger partial charge < -0.3 is 15.6 Å². The highest BCUT2D eigenvalue weighted by Gasteiger charge is 2.20. The van der Waals surface area contributed by atoms with E-state index in [-0.39, 0.29) is 22.6 Å². The highest BCUT2D eigenvalue weighted by Crippen LogP contribution is 2.29. The molecule has 7 nitrogen and oxygen atoms in total. The van der Waals surface area contributed by atoms with E-state index in [2.05, 4.69) is 31.5 Å². The number of nitrogens with one attached hydrogen (secondary N) is 3. The maximum Gasteiger partial charge on any atom is 0.251 e. The van der Waals surface area contributed by atoms with Gasteiger partial charge in [0.15, 0.2) is 5.78 Å². The molecule has 3 aromatic carbocycles. The quantitative estimate of drug-likeness (QED) is 0.307. The van der Waals surface area contributed by atoms with Crippen LogP contribution in [0.15, 0.2) is 82.2 Å². The van der Waals surface area contributed by atoms with Gasteiger partial charge in [0.25, 0.3) is 5.91 Å². The number of benzene rings is 3. The van der Waals surface area contributed by atoms with E-state index in [1.54, 1.807) is 31.2 Å². The molecule has 2 amide bonds. The number of Topliss-reactive ketones (excluding diaryl/α,β-unsaturated/α-hetero) is 1. The molecule has 0 radical (unpaired) electrons. The molecular formula is C27H22BrN3O4. The molecule has 1 aromatic heterocycles. The number of pyridine rings is 1. The van der Waals surface area contributed by atoms with E-state index in [4.69, 9.17) is 0 Å². The molecule has 8 heteroatoms. The van der Waals surface area contributed by atoms with Crippen LogP contribution in [-0.2, 0) is 4.79 Å². The number of hydrogen-bond donors (Lipinski definition) is 3. The molecule has 4 aromatic rings. The molecule has 4 rings (SSSR count). The van der Waals surface area contributed by atoms with E-state index < -0.39 is 17.4 Å². The molecule has 1 heterocycles. The predicted octanol–water partition coefficient (Wildman–Crippen LogP) is 4.92. The fraction of sp³-hybridized carbons (Fsp3) is 0.111. The van der Waals surface area contributed by atoms with Crippen molar-refractivity contribution >= 4 is 50.1 Å². The molecule has 3 N–H and O–H groups in total. The Morgan fingerprint density at radius 1 is 0.914 bits per heavy atom. The van der Waals surface area contributed by atoms with E-state index >= 15 is 0 Å². The summed E-state index contributed by atoms with van der Waals surface area (Å²) in [5.74, 6) is -1.20. The maximum absolute atomic E-state index is 12.8. The number of hydrogen-bond acceptors (Lipinski definition) is 4. The number of amides is 2. The second-order valence-electron chi connectivity index (χ2n) is 8.07. The minimum Gasteiger partial charge on any atom is -0.360 e. The zero-order valence-electron chi connectivity index (χ0n) is 19.0. The average molecular weight is 532 g/mol. The number of halogens is 1. The second-order valence-corrected chi connectivity index (χ2v) is 8.86. The lowest BCUT2D eigenvalue weighted by Gasteiger charge is -2.16. The summed E-state index contributed by atoms with van der Waals surface area (Å²) >= 11 is 3.37. The molecular weight excluding hydrogens is 510 g/mol. The van der Waals surface area contributed by atoms with Crippen molar-refractivity contribution in [2.45, 2.75) is 19.9 Å². The molecule has 35 heavy (non-hydrogen) atoms. The van der Waals surface area contributed by atoms with Crippen LogP contribution in [0.1, 0.15) is 34.6 Å². The van der Waals surface area contributed by atoms with Gasteiger partial charge in [-0.15, -0.1) is 0 Å². The highest BCUT2D eigenvalue weighted by molar-refractivity contribution is 9.10. The fourth-order valence-electron chi connectivity index (χ4n) is 3.66. The summed E-state index contributed by atoms with van der Waals surface area (Å²) in [7, 11) is 0. The van der Waals surface area contributed by atoms with Crippen LogP contribution in [-0.4, -0.2) is 28.6 Å². The van der Waals surface area contributed by atoms with Crippen molar-refractivity contribution in [3.8, 4) is 11.1 Å². The largest absolute Gasteiger partial charge is 0.360 e. The smallest absolute Gasteiger partial charge is 0.251 e. The third kappa shape index (κ3) is 5.07. The molecule has 0 spiro atoms. The number of fused-ring (bicyclic) bond motifs is 1. The molecule has 176 valence electrons. The van der Waals surface area contributed by atoms with Gasteiger partial charge in [0, 0.05) is 11.8 Å². The van der Waals surface area contributed by atoms with E-state index in [1.165, 1.54) is 13.1 Å². The molecule has 0 aliphatic heterocycles. The fourth-order valence-corrected chi connectivity index (χ4v) is 4.28. The normalized spacial score (nSPS) is 11.6. The average Bonchev–Trinajstić information content (AvgIpc) is 2.86. The summed E-state index contributed by atoms with van der Waals surface area (Å²) in [6.07, 6.45) is 1.38. The Balaban J connectivity index is 1.48. The summed E-state index contributed by atoms with van der Waals surface area (Å²) in [6.45, 7) is 2.89. The van der Waals surface area contributed by atoms with E-state index in [0.717, 1.165) is 11.1 Å². The van der Waals surface area contributed by atoms with Crippen LogP contribution in [0, 0.1) is 0 Å². The number of rotatable bonds is 6. The third-order valence-corrected chi connectivity index (χ3v) is 6.44. The lowest BCUT2D eigenvalue weighted by molar-refractivity contribution is -0.117. The number of carbonyl (C=O) groups excluding carboxylic acids is 3. The summed E-state index contributed by atoms with van der Waals surface area (Å²) in [5, 5.41) is 5.67. The molecule has 0 fully saturated rings. The molecule has 0 saturated heterocycles. The first kappa shape index (κ1) is 24.1. The molecule has 0 aliphatic carbocycles. The molecule has 0 aliphatic rings. The summed E-state index contributed by atoms with van der Waals surface area (Å²) in [6, 6.07) is 19.4. The number of aromatic nitrogens is 1. The number of carbonyl (C=O) groups is 3. The Morgan fingerprint density at radius 3 is 2.23 bits per heavy atom. The van der Waals surface area contributed by atoms with Gasteiger partial charge in [-0.25, -0.2) is 0 Å². The van der Waals surface area contributed by atoms with Crippen molar-refractivity contribution in [1.29, 1.82) is 0 Å². The van der Waals surface area contributed by atoms with Crippen LogP contribution in [0.5, 0.6) is 0 Å². The Hall–Kier alpha value is -4.04. The van der Waals surface area contributed by atoms with Crippen LogP contribution in [0.4, 0.5) is 5.69 Å². The lowest BCUT2D eigenvalue weighted by Crippen LogP contribution is -2.41. The second kappa shape index (κ2) is 10.1. The minimum atomic E-state index is -0.847. The number of anilines is 1. The highest BCUT2D eigenvalue weighted by atomic mass is 79.9. The zero-order chi connectivity index (χ0) is 25.1. The first-order chi connectivity index (χ1) is 16.8. The lowest BCUT2D eigenvalue weighted by atomic mass is 10.0. The Morgan fingerprint density at radius 2 is 1.57 bits per heavy atom. The molecule has 0 bridgehead atoms. The molecule has 1 atom stereocenters. The molecule has 0 unspecified atom stereocenters. The number of ketones is 1. The Bertz CT molecular complexity index is 1500. The summed E-state index contributed by atoms with van der Waals surface area (Å²) < 4.78 is 0.350. The Labute approximate surface area is 209 Å². The van der Waals surface area contributed by atoms with E-state index in [9.17, 15) is 19.2 Å². The third-order valence-electron chi connectivity index (χ3n) is 5.62. The topological polar surface area (TPSA) is 108 Å². The van der Waals surface area contributed by atoms with E-state index in [0.29, 0.717) is 21.2 Å². The van der Waals surface area contributed by atoms with Crippen molar-refractivity contribution in [2.24, 2.45) is 0 Å².